The van der Waals surface area contributed by atoms with Gasteiger partial charge >= 0.3 is 0 Å². The largest absolute Gasteiger partial charge is 0.294 e. The zero-order chi connectivity index (χ0) is 10.1. The number of hydrogen-bond acceptors (Lipinski definition) is 3. The molecule has 0 N–H and O–H groups in total. The number of rotatable bonds is 1. The Morgan fingerprint density at radius 1 is 1.36 bits per heavy atom. The summed E-state index contributed by atoms with van der Waals surface area (Å²) in [5.41, 5.74) is 1.17. The van der Waals surface area contributed by atoms with Crippen molar-refractivity contribution in [1.82, 2.24) is 0 Å². The van der Waals surface area contributed by atoms with Gasteiger partial charge in [0.15, 0.2) is 5.78 Å². The highest BCUT2D eigenvalue weighted by molar-refractivity contribution is 6.03. The van der Waals surface area contributed by atoms with E-state index in [0.29, 0.717) is 12.0 Å². The third-order valence-corrected chi connectivity index (χ3v) is 2.15. The topological polar surface area (TPSA) is 60.2 Å². The number of carbonyl (C=O) groups excluding carboxylic acids is 1. The van der Waals surface area contributed by atoms with Gasteiger partial charge in [-0.3, -0.25) is 14.9 Å². The first-order valence-electron chi connectivity index (χ1n) is 4.16. The van der Waals surface area contributed by atoms with E-state index in [2.05, 4.69) is 0 Å². The smallest absolute Gasteiger partial charge is 0.270 e. The van der Waals surface area contributed by atoms with Gasteiger partial charge in [-0.2, -0.15) is 0 Å². The fraction of sp³-hybridized carbons (Fsp3) is 0.100. The predicted octanol–water partition coefficient (Wildman–Crippen LogP) is 2.19. The Morgan fingerprint density at radius 2 is 2.14 bits per heavy atom. The molecule has 4 nitrogen and oxygen atoms in total. The van der Waals surface area contributed by atoms with Gasteiger partial charge in [0.2, 0.25) is 0 Å². The summed E-state index contributed by atoms with van der Waals surface area (Å²) in [5, 5.41) is 10.5. The molecule has 1 aromatic rings. The lowest BCUT2D eigenvalue weighted by Crippen LogP contribution is -2.04. The van der Waals surface area contributed by atoms with E-state index in [1.165, 1.54) is 12.1 Å². The van der Waals surface area contributed by atoms with Crippen LogP contribution in [0.3, 0.4) is 0 Å². The predicted molar refractivity (Wildman–Crippen MR) is 51.1 cm³/mol. The van der Waals surface area contributed by atoms with Gasteiger partial charge in [0.1, 0.15) is 0 Å². The second-order valence-corrected chi connectivity index (χ2v) is 3.06. The van der Waals surface area contributed by atoms with Crippen molar-refractivity contribution in [2.24, 2.45) is 0 Å². The second kappa shape index (κ2) is 3.06. The molecule has 0 atom stereocenters. The van der Waals surface area contributed by atoms with Gasteiger partial charge in [-0.25, -0.2) is 0 Å². The molecule has 0 saturated heterocycles. The highest BCUT2D eigenvalue weighted by atomic mass is 16.6. The molecular formula is C10H7NO3. The lowest BCUT2D eigenvalue weighted by molar-refractivity contribution is -0.384. The van der Waals surface area contributed by atoms with Crippen LogP contribution in [0.4, 0.5) is 5.69 Å². The van der Waals surface area contributed by atoms with Crippen molar-refractivity contribution in [2.75, 3.05) is 0 Å². The fourth-order valence-electron chi connectivity index (χ4n) is 1.45. The van der Waals surface area contributed by atoms with E-state index in [-0.39, 0.29) is 11.5 Å². The molecule has 0 bridgehead atoms. The van der Waals surface area contributed by atoms with Gasteiger partial charge in [0.05, 0.1) is 4.92 Å². The molecule has 0 aliphatic heterocycles. The lowest BCUT2D eigenvalue weighted by Gasteiger charge is -2.07. The molecular weight excluding hydrogens is 182 g/mol. The summed E-state index contributed by atoms with van der Waals surface area (Å²) in [6.45, 7) is 0. The molecule has 0 radical (unpaired) electrons. The molecule has 70 valence electrons. The molecule has 1 aliphatic rings. The van der Waals surface area contributed by atoms with E-state index in [1.807, 2.05) is 0 Å². The highest BCUT2D eigenvalue weighted by Crippen LogP contribution is 2.23. The van der Waals surface area contributed by atoms with Crippen molar-refractivity contribution in [3.8, 4) is 0 Å². The zero-order valence-electron chi connectivity index (χ0n) is 7.27. The number of fused-ring (bicyclic) bond motifs is 1. The van der Waals surface area contributed by atoms with Crippen LogP contribution in [0.1, 0.15) is 22.3 Å². The number of allylic oxidation sites excluding steroid dienone is 1. The van der Waals surface area contributed by atoms with E-state index in [1.54, 1.807) is 18.2 Å². The normalized spacial score (nSPS) is 13.9. The Morgan fingerprint density at radius 3 is 2.86 bits per heavy atom. The first kappa shape index (κ1) is 8.62. The van der Waals surface area contributed by atoms with Gasteiger partial charge in [-0.15, -0.1) is 0 Å². The Hall–Kier alpha value is -1.97. The number of nitro groups is 1. The molecule has 1 aromatic carbocycles. The van der Waals surface area contributed by atoms with Crippen LogP contribution in [0.5, 0.6) is 0 Å². The van der Waals surface area contributed by atoms with Gasteiger partial charge in [0.25, 0.3) is 5.69 Å². The minimum atomic E-state index is -0.494. The molecule has 0 spiro atoms. The van der Waals surface area contributed by atoms with Crippen molar-refractivity contribution in [3.63, 3.8) is 0 Å². The average molecular weight is 189 g/mol. The quantitative estimate of drug-likeness (QED) is 0.502. The third kappa shape index (κ3) is 1.31. The van der Waals surface area contributed by atoms with Gasteiger partial charge in [0, 0.05) is 24.1 Å². The maximum Gasteiger partial charge on any atom is 0.270 e. The van der Waals surface area contributed by atoms with E-state index in [9.17, 15) is 14.9 Å². The Labute approximate surface area is 80.0 Å². The van der Waals surface area contributed by atoms with Crippen LogP contribution >= 0.6 is 0 Å². The van der Waals surface area contributed by atoms with Gasteiger partial charge in [-0.1, -0.05) is 12.2 Å². The van der Waals surface area contributed by atoms with Crippen molar-refractivity contribution in [2.45, 2.75) is 6.42 Å². The van der Waals surface area contributed by atoms with E-state index in [0.717, 1.165) is 5.56 Å². The molecule has 0 amide bonds. The molecule has 0 aromatic heterocycles. The van der Waals surface area contributed by atoms with Crippen LogP contribution in [0.2, 0.25) is 0 Å². The number of nitrogens with zero attached hydrogens (tertiary/aromatic N) is 1. The first-order chi connectivity index (χ1) is 6.68. The summed E-state index contributed by atoms with van der Waals surface area (Å²) in [4.78, 5) is 21.4. The van der Waals surface area contributed by atoms with Crippen molar-refractivity contribution < 1.29 is 9.72 Å². The number of carbonyl (C=O) groups is 1. The molecule has 0 unspecified atom stereocenters. The third-order valence-electron chi connectivity index (χ3n) is 2.15. The first-order valence-corrected chi connectivity index (χ1v) is 4.16. The van der Waals surface area contributed by atoms with Crippen LogP contribution in [0.15, 0.2) is 24.3 Å². The van der Waals surface area contributed by atoms with Crippen LogP contribution < -0.4 is 0 Å². The molecule has 14 heavy (non-hydrogen) atoms. The Balaban J connectivity index is 2.57. The fourth-order valence-corrected chi connectivity index (χ4v) is 1.45. The van der Waals surface area contributed by atoms with Crippen molar-refractivity contribution >= 4 is 17.5 Å². The summed E-state index contributed by atoms with van der Waals surface area (Å²) in [6, 6.07) is 4.34. The Kier molecular flexibility index (Phi) is 1.89. The summed E-state index contributed by atoms with van der Waals surface area (Å²) in [5.74, 6) is -0.0637. The van der Waals surface area contributed by atoms with Crippen molar-refractivity contribution in [1.29, 1.82) is 0 Å². The summed E-state index contributed by atoms with van der Waals surface area (Å²) < 4.78 is 0. The van der Waals surface area contributed by atoms with Crippen LogP contribution in [-0.2, 0) is 0 Å². The lowest BCUT2D eigenvalue weighted by atomic mass is 9.96. The number of nitro benzene ring substituents is 1. The second-order valence-electron chi connectivity index (χ2n) is 3.06. The van der Waals surface area contributed by atoms with Gasteiger partial charge in [-0.05, 0) is 11.6 Å². The van der Waals surface area contributed by atoms with E-state index >= 15 is 0 Å². The minimum absolute atomic E-state index is 0.0348. The molecule has 0 heterocycles. The standard InChI is InChI=1S/C10H7NO3/c12-10-3-1-2-7-4-5-8(11(13)14)6-9(7)10/h1-2,4-6H,3H2. The number of hydrogen-bond donors (Lipinski definition) is 0. The van der Waals surface area contributed by atoms with Crippen LogP contribution in [0.25, 0.3) is 6.08 Å². The Bertz CT molecular complexity index is 449. The SMILES string of the molecule is O=C1CC=Cc2ccc([N+](=O)[O-])cc21. The summed E-state index contributed by atoms with van der Waals surface area (Å²) in [6.07, 6.45) is 3.89. The van der Waals surface area contributed by atoms with Crippen molar-refractivity contribution in [3.05, 3.63) is 45.5 Å². The maximum absolute atomic E-state index is 11.4. The summed E-state index contributed by atoms with van der Waals surface area (Å²) in [7, 11) is 0. The number of Topliss-reactive ketones (excluding diaryl/α,β-unsaturated/α-hetero) is 1. The number of ketones is 1. The molecule has 2 rings (SSSR count). The molecule has 4 heteroatoms. The molecule has 0 saturated carbocycles. The molecule has 1 aliphatic carbocycles. The monoisotopic (exact) mass is 189 g/mol. The average Bonchev–Trinajstić information content (AvgIpc) is 2.18. The van der Waals surface area contributed by atoms with E-state index in [4.69, 9.17) is 0 Å². The van der Waals surface area contributed by atoms with Crippen LogP contribution in [0, 0.1) is 10.1 Å². The highest BCUT2D eigenvalue weighted by Gasteiger charge is 2.16. The summed E-state index contributed by atoms with van der Waals surface area (Å²) >= 11 is 0. The minimum Gasteiger partial charge on any atom is -0.294 e. The van der Waals surface area contributed by atoms with Gasteiger partial charge < -0.3 is 0 Å². The number of non-ortho nitro benzene ring substituents is 1. The van der Waals surface area contributed by atoms with Crippen LogP contribution in [-0.4, -0.2) is 10.7 Å². The molecule has 0 fully saturated rings. The maximum atomic E-state index is 11.4. The zero-order valence-corrected chi connectivity index (χ0v) is 7.27. The number of benzene rings is 1. The van der Waals surface area contributed by atoms with E-state index < -0.39 is 4.92 Å².